The summed E-state index contributed by atoms with van der Waals surface area (Å²) >= 11 is 0. The number of aromatic nitrogens is 1. The van der Waals surface area contributed by atoms with E-state index < -0.39 is 13.8 Å². The average Bonchev–Trinajstić information content (AvgIpc) is 2.08. The topological polar surface area (TPSA) is 117 Å². The van der Waals surface area contributed by atoms with Crippen molar-refractivity contribution in [1.82, 2.24) is 4.98 Å². The Labute approximate surface area is 173 Å². The first-order valence-electron chi connectivity index (χ1n) is 3.09. The molecule has 0 fully saturated rings. The van der Waals surface area contributed by atoms with Gasteiger partial charge in [0, 0.05) is 12.4 Å². The molecule has 0 unspecified atom stereocenters. The number of nitrogens with zero attached hydrogens (tertiary/aromatic N) is 1. The van der Waals surface area contributed by atoms with Crippen LogP contribution < -0.4 is 113 Å². The Morgan fingerprint density at radius 3 is 1.40 bits per heavy atom. The summed E-state index contributed by atoms with van der Waals surface area (Å²) in [6.45, 7) is 0. The Morgan fingerprint density at radius 2 is 1.33 bits per heavy atom. The fraction of sp³-hybridized carbons (Fsp3) is 0. The Bertz CT molecular complexity index is 173. The van der Waals surface area contributed by atoms with E-state index in [2.05, 4.69) is 4.98 Å². The van der Waals surface area contributed by atoms with E-state index in [-0.39, 0.29) is 103 Å². The number of carbonyl (C=O) groups is 1. The van der Waals surface area contributed by atoms with Crippen LogP contribution in [0.3, 0.4) is 0 Å². The molecular weight excluding hydrogens is 255 g/mol. The molecule has 1 heterocycles. The Balaban J connectivity index is -0.0000000608. The van der Waals surface area contributed by atoms with Crippen LogP contribution in [0.2, 0.25) is 0 Å². The number of hydrogen-bond donors (Lipinski definition) is 2. The molecule has 0 amide bonds. The minimum absolute atomic E-state index is 0. The molecule has 1 rings (SSSR count). The molecule has 1 aromatic rings. The minimum atomic E-state index is -2.33. The van der Waals surface area contributed by atoms with Gasteiger partial charge in [-0.25, -0.2) is 0 Å². The molecule has 0 radical (unpaired) electrons. The first-order valence-corrected chi connectivity index (χ1v) is 3.09. The number of carbonyl (C=O) groups excluding carboxylic acids is 1. The molecule has 6 nitrogen and oxygen atoms in total. The van der Waals surface area contributed by atoms with Crippen molar-refractivity contribution in [1.29, 1.82) is 0 Å². The van der Waals surface area contributed by atoms with E-state index >= 15 is 0 Å². The molecule has 0 bridgehead atoms. The molecule has 15 heavy (non-hydrogen) atoms. The molecule has 0 aliphatic heterocycles. The zero-order chi connectivity index (χ0) is 10.5. The normalized spacial score (nSPS) is 5.73. The fourth-order valence-corrected chi connectivity index (χ4v) is 0.313. The fourth-order valence-electron chi connectivity index (χ4n) is 0.313. The third-order valence-corrected chi connectivity index (χ3v) is 0.566. The van der Waals surface area contributed by atoms with Crippen molar-refractivity contribution in [2.45, 2.75) is 0 Å². The molecule has 0 saturated heterocycles. The molecular formula is C6H8BK2NO5. The summed E-state index contributed by atoms with van der Waals surface area (Å²) < 4.78 is 0. The number of carboxylic acid groups (broad SMARTS) is 2. The first kappa shape index (κ1) is 25.5. The van der Waals surface area contributed by atoms with Crippen molar-refractivity contribution in [3.8, 4) is 0 Å². The van der Waals surface area contributed by atoms with Gasteiger partial charge in [0.25, 0.3) is 0 Å². The van der Waals surface area contributed by atoms with Crippen LogP contribution in [0.4, 0.5) is 4.79 Å². The van der Waals surface area contributed by atoms with Gasteiger partial charge in [-0.2, -0.15) is 0 Å². The van der Waals surface area contributed by atoms with E-state index in [9.17, 15) is 0 Å². The average molecular weight is 263 g/mol. The Kier molecular flexibility index (Phi) is 42.1. The van der Waals surface area contributed by atoms with Crippen LogP contribution >= 0.6 is 0 Å². The van der Waals surface area contributed by atoms with Gasteiger partial charge in [0.2, 0.25) is 0 Å². The van der Waals surface area contributed by atoms with Gasteiger partial charge in [0.05, 0.1) is 0 Å². The molecule has 0 saturated carbocycles. The van der Waals surface area contributed by atoms with E-state index in [0.29, 0.717) is 0 Å². The standard InChI is InChI=1S/C5H5N.CH2O3.BH3O2.2K/c1-2-4-6-5-3-1;2-1(3)4;2-1-3;;/h1-5H;(H2,2,3,4);1-3H;;/q;;;2*+1/p-2. The summed E-state index contributed by atoms with van der Waals surface area (Å²) in [5.41, 5.74) is 0. The Morgan fingerprint density at radius 1 is 1.07 bits per heavy atom. The van der Waals surface area contributed by atoms with Crippen molar-refractivity contribution in [3.63, 3.8) is 0 Å². The minimum Gasteiger partial charge on any atom is -0.652 e. The van der Waals surface area contributed by atoms with Crippen LogP contribution in [-0.4, -0.2) is 28.9 Å². The van der Waals surface area contributed by atoms with Crippen LogP contribution in [0, 0.1) is 0 Å². The first-order chi connectivity index (χ1) is 6.15. The predicted molar refractivity (Wildman–Crippen MR) is 41.2 cm³/mol. The summed E-state index contributed by atoms with van der Waals surface area (Å²) in [4.78, 5) is 12.1. The maximum absolute atomic E-state index is 8.33. The van der Waals surface area contributed by atoms with Crippen molar-refractivity contribution in [3.05, 3.63) is 30.6 Å². The molecule has 0 atom stereocenters. The van der Waals surface area contributed by atoms with Gasteiger partial charge < -0.3 is 25.1 Å². The summed E-state index contributed by atoms with van der Waals surface area (Å²) in [7, 11) is -0.750. The summed E-state index contributed by atoms with van der Waals surface area (Å²) in [5, 5.41) is 30.9. The van der Waals surface area contributed by atoms with E-state index in [1.807, 2.05) is 18.2 Å². The van der Waals surface area contributed by atoms with Gasteiger partial charge in [0.15, 0.2) is 0 Å². The third kappa shape index (κ3) is 49.8. The maximum Gasteiger partial charge on any atom is 1.00 e. The SMILES string of the molecule is O=C([O-])[O-].OBO.[K+].[K+].c1ccncc1. The van der Waals surface area contributed by atoms with Gasteiger partial charge in [0.1, 0.15) is 0 Å². The van der Waals surface area contributed by atoms with Crippen LogP contribution in [0.5, 0.6) is 0 Å². The van der Waals surface area contributed by atoms with Crippen LogP contribution in [0.1, 0.15) is 0 Å². The summed E-state index contributed by atoms with van der Waals surface area (Å²) in [5.74, 6) is 0. The quantitative estimate of drug-likeness (QED) is 0.449. The molecule has 1 aromatic heterocycles. The third-order valence-electron chi connectivity index (χ3n) is 0.566. The molecule has 0 aliphatic carbocycles. The van der Waals surface area contributed by atoms with Gasteiger partial charge >= 0.3 is 110 Å². The summed E-state index contributed by atoms with van der Waals surface area (Å²) in [6, 6.07) is 5.72. The monoisotopic (exact) mass is 263 g/mol. The molecule has 9 heteroatoms. The van der Waals surface area contributed by atoms with Crippen molar-refractivity contribution >= 4 is 13.8 Å². The van der Waals surface area contributed by atoms with Crippen molar-refractivity contribution < 1.29 is 128 Å². The van der Waals surface area contributed by atoms with E-state index in [0.717, 1.165) is 0 Å². The number of rotatable bonds is 0. The van der Waals surface area contributed by atoms with E-state index in [1.165, 1.54) is 0 Å². The second-order valence-corrected chi connectivity index (χ2v) is 1.42. The smallest absolute Gasteiger partial charge is 0.652 e. The predicted octanol–water partition coefficient (Wildman–Crippen LogP) is -9.12. The second-order valence-electron chi connectivity index (χ2n) is 1.42. The van der Waals surface area contributed by atoms with Crippen LogP contribution in [0.15, 0.2) is 30.6 Å². The van der Waals surface area contributed by atoms with Crippen LogP contribution in [-0.2, 0) is 0 Å². The van der Waals surface area contributed by atoms with Crippen LogP contribution in [0.25, 0.3) is 0 Å². The van der Waals surface area contributed by atoms with Gasteiger partial charge in [-0.05, 0) is 18.3 Å². The zero-order valence-electron chi connectivity index (χ0n) is 8.66. The van der Waals surface area contributed by atoms with E-state index in [1.54, 1.807) is 12.4 Å². The molecule has 72 valence electrons. The van der Waals surface area contributed by atoms with Gasteiger partial charge in [-0.1, -0.05) is 6.07 Å². The van der Waals surface area contributed by atoms with Gasteiger partial charge in [-0.3, -0.25) is 4.98 Å². The molecule has 0 spiro atoms. The number of pyridine rings is 1. The van der Waals surface area contributed by atoms with Gasteiger partial charge in [-0.15, -0.1) is 0 Å². The van der Waals surface area contributed by atoms with E-state index in [4.69, 9.17) is 25.1 Å². The van der Waals surface area contributed by atoms with Crippen molar-refractivity contribution in [2.24, 2.45) is 0 Å². The zero-order valence-corrected chi connectivity index (χ0v) is 14.9. The number of hydrogen-bond acceptors (Lipinski definition) is 6. The van der Waals surface area contributed by atoms with Crippen molar-refractivity contribution in [2.75, 3.05) is 0 Å². The second kappa shape index (κ2) is 24.8. The largest absolute Gasteiger partial charge is 1.00 e. The molecule has 2 N–H and O–H groups in total. The summed E-state index contributed by atoms with van der Waals surface area (Å²) in [6.07, 6.45) is 1.17. The Hall–Kier alpha value is 1.68. The maximum atomic E-state index is 8.33. The molecule has 0 aliphatic rings. The molecule has 0 aromatic carbocycles.